The zero-order valence-electron chi connectivity index (χ0n) is 15.7. The van der Waals surface area contributed by atoms with Gasteiger partial charge in [-0.25, -0.2) is 4.98 Å². The zero-order chi connectivity index (χ0) is 18.8. The molecule has 1 saturated heterocycles. The number of aromatic amines is 1. The van der Waals surface area contributed by atoms with E-state index in [1.54, 1.807) is 11.3 Å². The number of likely N-dealkylation sites (tertiary alicyclic amines) is 1. The van der Waals surface area contributed by atoms with Gasteiger partial charge in [0.15, 0.2) is 0 Å². The van der Waals surface area contributed by atoms with Crippen LogP contribution in [-0.4, -0.2) is 52.2 Å². The van der Waals surface area contributed by atoms with Gasteiger partial charge in [0.1, 0.15) is 10.7 Å². The van der Waals surface area contributed by atoms with Crippen LogP contribution in [0.3, 0.4) is 0 Å². The molecule has 8 heteroatoms. The maximum absolute atomic E-state index is 12.6. The number of aryl methyl sites for hydroxylation is 2. The van der Waals surface area contributed by atoms with Crippen LogP contribution in [-0.2, 0) is 10.5 Å². The van der Waals surface area contributed by atoms with Crippen LogP contribution in [0, 0.1) is 13.8 Å². The van der Waals surface area contributed by atoms with Crippen molar-refractivity contribution in [2.75, 3.05) is 20.1 Å². The van der Waals surface area contributed by atoms with Crippen LogP contribution in [0.1, 0.15) is 36.0 Å². The monoisotopic (exact) mass is 394 g/mol. The van der Waals surface area contributed by atoms with Crippen molar-refractivity contribution in [3.63, 3.8) is 0 Å². The maximum Gasteiger partial charge on any atom is 0.259 e. The highest BCUT2D eigenvalue weighted by Crippen LogP contribution is 2.27. The number of fused-ring (bicyclic) bond motifs is 1. The van der Waals surface area contributed by atoms with Crippen LogP contribution >= 0.6 is 23.1 Å². The minimum Gasteiger partial charge on any atom is -0.342 e. The zero-order valence-corrected chi connectivity index (χ0v) is 17.4. The number of aromatic nitrogens is 2. The Morgan fingerprint density at radius 2 is 2.12 bits per heavy atom. The van der Waals surface area contributed by atoms with Crippen LogP contribution < -0.4 is 10.9 Å². The molecule has 1 fully saturated rings. The maximum atomic E-state index is 12.6. The molecular weight excluding hydrogens is 368 g/mol. The average molecular weight is 395 g/mol. The number of hydrogen-bond acceptors (Lipinski definition) is 6. The number of nitrogens with one attached hydrogen (secondary N) is 2. The second-order valence-corrected chi connectivity index (χ2v) is 9.35. The molecule has 0 bridgehead atoms. The Morgan fingerprint density at radius 3 is 2.77 bits per heavy atom. The fourth-order valence-electron chi connectivity index (χ4n) is 3.29. The predicted octanol–water partition coefficient (Wildman–Crippen LogP) is 2.43. The van der Waals surface area contributed by atoms with Gasteiger partial charge in [0.25, 0.3) is 5.56 Å². The molecule has 0 aliphatic carbocycles. The topological polar surface area (TPSA) is 78.1 Å². The summed E-state index contributed by atoms with van der Waals surface area (Å²) in [6.07, 6.45) is 2.00. The Labute approximate surface area is 161 Å². The van der Waals surface area contributed by atoms with Crippen molar-refractivity contribution in [3.8, 4) is 0 Å². The second-order valence-electron chi connectivity index (χ2n) is 6.82. The van der Waals surface area contributed by atoms with Gasteiger partial charge in [-0.1, -0.05) is 0 Å². The molecule has 6 nitrogen and oxygen atoms in total. The Balaban J connectivity index is 1.62. The Hall–Kier alpha value is -1.38. The molecule has 2 aromatic rings. The lowest BCUT2D eigenvalue weighted by Crippen LogP contribution is -2.46. The molecule has 3 heterocycles. The number of carbonyl (C=O) groups is 1. The third kappa shape index (κ3) is 3.97. The molecule has 26 heavy (non-hydrogen) atoms. The van der Waals surface area contributed by atoms with Crippen molar-refractivity contribution in [2.24, 2.45) is 0 Å². The molecule has 2 N–H and O–H groups in total. The molecular formula is C18H26N4O2S2. The summed E-state index contributed by atoms with van der Waals surface area (Å²) in [6, 6.07) is 0.515. The van der Waals surface area contributed by atoms with E-state index in [-0.39, 0.29) is 16.7 Å². The fourth-order valence-corrected chi connectivity index (χ4v) is 5.17. The normalized spacial score (nSPS) is 17.0. The molecule has 2 aromatic heterocycles. The second kappa shape index (κ2) is 8.10. The summed E-state index contributed by atoms with van der Waals surface area (Å²) in [5, 5.41) is 3.83. The van der Waals surface area contributed by atoms with Gasteiger partial charge in [0.05, 0.1) is 16.4 Å². The van der Waals surface area contributed by atoms with Crippen LogP contribution in [0.4, 0.5) is 0 Å². The van der Waals surface area contributed by atoms with Crippen molar-refractivity contribution < 1.29 is 4.79 Å². The van der Waals surface area contributed by atoms with E-state index in [4.69, 9.17) is 0 Å². The molecule has 1 aliphatic heterocycles. The van der Waals surface area contributed by atoms with Gasteiger partial charge >= 0.3 is 0 Å². The SMILES string of the molecule is CNC1CCN(C(=O)C(C)SCc2nc3sc(C)c(C)c3c(=O)[nH]2)CC1. The first kappa shape index (κ1) is 19.4. The third-order valence-corrected chi connectivity index (χ3v) is 7.36. The highest BCUT2D eigenvalue weighted by atomic mass is 32.2. The Kier molecular flexibility index (Phi) is 6.04. The summed E-state index contributed by atoms with van der Waals surface area (Å²) >= 11 is 3.08. The van der Waals surface area contributed by atoms with Crippen LogP contribution in [0.15, 0.2) is 4.79 Å². The molecule has 142 valence electrons. The summed E-state index contributed by atoms with van der Waals surface area (Å²) in [4.78, 5) is 36.3. The van der Waals surface area contributed by atoms with Crippen molar-refractivity contribution in [2.45, 2.75) is 50.7 Å². The number of hydrogen-bond donors (Lipinski definition) is 2. The van der Waals surface area contributed by atoms with E-state index in [9.17, 15) is 9.59 Å². The summed E-state index contributed by atoms with van der Waals surface area (Å²) in [6.45, 7) is 7.52. The highest BCUT2D eigenvalue weighted by molar-refractivity contribution is 7.99. The largest absolute Gasteiger partial charge is 0.342 e. The van der Waals surface area contributed by atoms with E-state index in [1.165, 1.54) is 11.8 Å². The summed E-state index contributed by atoms with van der Waals surface area (Å²) in [5.74, 6) is 1.35. The quantitative estimate of drug-likeness (QED) is 0.814. The summed E-state index contributed by atoms with van der Waals surface area (Å²) in [5.41, 5.74) is 0.923. The molecule has 1 aliphatic rings. The van der Waals surface area contributed by atoms with Crippen molar-refractivity contribution in [3.05, 3.63) is 26.6 Å². The number of rotatable bonds is 5. The Bertz CT molecular complexity index is 853. The summed E-state index contributed by atoms with van der Waals surface area (Å²) in [7, 11) is 1.97. The van der Waals surface area contributed by atoms with E-state index < -0.39 is 0 Å². The minimum absolute atomic E-state index is 0.0828. The van der Waals surface area contributed by atoms with Gasteiger partial charge in [-0.05, 0) is 46.2 Å². The van der Waals surface area contributed by atoms with Gasteiger partial charge in [0, 0.05) is 24.0 Å². The first-order valence-corrected chi connectivity index (χ1v) is 10.8. The van der Waals surface area contributed by atoms with Crippen LogP contribution in [0.25, 0.3) is 10.2 Å². The number of H-pyrrole nitrogens is 1. The lowest BCUT2D eigenvalue weighted by molar-refractivity contribution is -0.131. The predicted molar refractivity (Wildman–Crippen MR) is 109 cm³/mol. The van der Waals surface area contributed by atoms with Gasteiger partial charge in [-0.3, -0.25) is 9.59 Å². The number of nitrogens with zero attached hydrogens (tertiary/aromatic N) is 2. The van der Waals surface area contributed by atoms with E-state index in [0.717, 1.165) is 41.2 Å². The van der Waals surface area contributed by atoms with Gasteiger partial charge in [-0.15, -0.1) is 23.1 Å². The van der Waals surface area contributed by atoms with E-state index in [2.05, 4.69) is 15.3 Å². The van der Waals surface area contributed by atoms with E-state index in [0.29, 0.717) is 23.0 Å². The molecule has 0 saturated carbocycles. The first-order valence-electron chi connectivity index (χ1n) is 8.97. The van der Waals surface area contributed by atoms with Crippen LogP contribution in [0.2, 0.25) is 0 Å². The first-order chi connectivity index (χ1) is 12.4. The molecule has 1 atom stereocenters. The molecule has 0 aromatic carbocycles. The number of piperidine rings is 1. The highest BCUT2D eigenvalue weighted by Gasteiger charge is 2.25. The van der Waals surface area contributed by atoms with Crippen molar-refractivity contribution >= 4 is 39.2 Å². The molecule has 1 amide bonds. The molecule has 1 unspecified atom stereocenters. The smallest absolute Gasteiger partial charge is 0.259 e. The third-order valence-electron chi connectivity index (χ3n) is 5.12. The molecule has 0 spiro atoms. The molecule has 0 radical (unpaired) electrons. The van der Waals surface area contributed by atoms with E-state index >= 15 is 0 Å². The number of thiophene rings is 1. The van der Waals surface area contributed by atoms with Crippen molar-refractivity contribution in [1.29, 1.82) is 0 Å². The lowest BCUT2D eigenvalue weighted by Gasteiger charge is -2.33. The van der Waals surface area contributed by atoms with Gasteiger partial charge in [0.2, 0.25) is 5.91 Å². The van der Waals surface area contributed by atoms with Crippen LogP contribution in [0.5, 0.6) is 0 Å². The van der Waals surface area contributed by atoms with E-state index in [1.807, 2.05) is 32.7 Å². The number of carbonyl (C=O) groups excluding carboxylic acids is 1. The minimum atomic E-state index is -0.144. The number of thioether (sulfide) groups is 1. The fraction of sp³-hybridized carbons (Fsp3) is 0.611. The summed E-state index contributed by atoms with van der Waals surface area (Å²) < 4.78 is 0. The number of amides is 1. The standard InChI is InChI=1S/C18H26N4O2S2/c1-10-11(2)26-17-15(10)16(23)20-14(21-17)9-25-12(3)18(24)22-7-5-13(19-4)6-8-22/h12-13,19H,5-9H2,1-4H3,(H,20,21,23). The van der Waals surface area contributed by atoms with Crippen molar-refractivity contribution in [1.82, 2.24) is 20.2 Å². The Morgan fingerprint density at radius 1 is 1.42 bits per heavy atom. The lowest BCUT2D eigenvalue weighted by atomic mass is 10.1. The average Bonchev–Trinajstić information content (AvgIpc) is 2.93. The van der Waals surface area contributed by atoms with Gasteiger partial charge in [-0.2, -0.15) is 0 Å². The molecule has 3 rings (SSSR count). The van der Waals surface area contributed by atoms with Gasteiger partial charge < -0.3 is 15.2 Å².